The third-order valence-corrected chi connectivity index (χ3v) is 2.53. The van der Waals surface area contributed by atoms with Gasteiger partial charge in [-0.2, -0.15) is 0 Å². The van der Waals surface area contributed by atoms with E-state index in [1.54, 1.807) is 24.3 Å². The summed E-state index contributed by atoms with van der Waals surface area (Å²) in [6.45, 7) is 0.857. The highest BCUT2D eigenvalue weighted by Gasteiger charge is 2.06. The van der Waals surface area contributed by atoms with Crippen molar-refractivity contribution in [3.63, 3.8) is 0 Å². The first kappa shape index (κ1) is 12.9. The van der Waals surface area contributed by atoms with Crippen molar-refractivity contribution in [1.82, 2.24) is 10.2 Å². The third-order valence-electron chi connectivity index (χ3n) is 2.28. The standard InChI is InChI=1S/C12H14ClN3O2/c13-9-3-5-10(6-4-9)17-8-12-16-15-11(18-12)2-1-7-14/h3-6H,1-2,7-8,14H2. The molecule has 2 rings (SSSR count). The molecule has 6 heteroatoms. The van der Waals surface area contributed by atoms with E-state index in [9.17, 15) is 0 Å². The number of hydrogen-bond acceptors (Lipinski definition) is 5. The fraction of sp³-hybridized carbons (Fsp3) is 0.333. The molecule has 0 fully saturated rings. The molecule has 0 spiro atoms. The molecule has 0 saturated heterocycles. The van der Waals surface area contributed by atoms with Gasteiger partial charge in [0, 0.05) is 11.4 Å². The molecule has 1 heterocycles. The summed E-state index contributed by atoms with van der Waals surface area (Å²) in [6, 6.07) is 7.09. The number of ether oxygens (including phenoxy) is 1. The van der Waals surface area contributed by atoms with Crippen LogP contribution in [0.2, 0.25) is 5.02 Å². The molecule has 0 saturated carbocycles. The highest BCUT2D eigenvalue weighted by molar-refractivity contribution is 6.30. The topological polar surface area (TPSA) is 74.2 Å². The quantitative estimate of drug-likeness (QED) is 0.868. The zero-order valence-corrected chi connectivity index (χ0v) is 10.6. The molecule has 18 heavy (non-hydrogen) atoms. The van der Waals surface area contributed by atoms with E-state index in [1.807, 2.05) is 0 Å². The van der Waals surface area contributed by atoms with Crippen LogP contribution in [-0.4, -0.2) is 16.7 Å². The minimum Gasteiger partial charge on any atom is -0.484 e. The van der Waals surface area contributed by atoms with Gasteiger partial charge in [-0.1, -0.05) is 11.6 Å². The van der Waals surface area contributed by atoms with Gasteiger partial charge in [-0.3, -0.25) is 0 Å². The Labute approximate surface area is 110 Å². The molecule has 1 aromatic carbocycles. The van der Waals surface area contributed by atoms with E-state index in [0.717, 1.165) is 6.42 Å². The van der Waals surface area contributed by atoms with Crippen LogP contribution in [0.4, 0.5) is 0 Å². The summed E-state index contributed by atoms with van der Waals surface area (Å²) in [7, 11) is 0. The first-order valence-corrected chi connectivity index (χ1v) is 6.05. The number of aromatic nitrogens is 2. The summed E-state index contributed by atoms with van der Waals surface area (Å²) < 4.78 is 10.9. The highest BCUT2D eigenvalue weighted by Crippen LogP contribution is 2.16. The lowest BCUT2D eigenvalue weighted by Gasteiger charge is -2.02. The van der Waals surface area contributed by atoms with Crippen LogP contribution in [-0.2, 0) is 13.0 Å². The molecule has 0 unspecified atom stereocenters. The second-order valence-electron chi connectivity index (χ2n) is 3.72. The van der Waals surface area contributed by atoms with Gasteiger partial charge in [-0.25, -0.2) is 0 Å². The van der Waals surface area contributed by atoms with Gasteiger partial charge in [0.25, 0.3) is 5.89 Å². The van der Waals surface area contributed by atoms with Crippen molar-refractivity contribution in [3.05, 3.63) is 41.1 Å². The summed E-state index contributed by atoms with van der Waals surface area (Å²) in [4.78, 5) is 0. The van der Waals surface area contributed by atoms with Crippen molar-refractivity contribution in [1.29, 1.82) is 0 Å². The average molecular weight is 268 g/mol. The highest BCUT2D eigenvalue weighted by atomic mass is 35.5. The fourth-order valence-electron chi connectivity index (χ4n) is 1.38. The number of aryl methyl sites for hydroxylation is 1. The summed E-state index contributed by atoms with van der Waals surface area (Å²) in [6.07, 6.45) is 1.53. The Balaban J connectivity index is 1.86. The number of nitrogens with two attached hydrogens (primary N) is 1. The van der Waals surface area contributed by atoms with Crippen molar-refractivity contribution in [2.45, 2.75) is 19.4 Å². The number of nitrogens with zero attached hydrogens (tertiary/aromatic N) is 2. The predicted octanol–water partition coefficient (Wildman–Crippen LogP) is 2.19. The Bertz CT molecular complexity index is 484. The van der Waals surface area contributed by atoms with Gasteiger partial charge >= 0.3 is 0 Å². The average Bonchev–Trinajstić information content (AvgIpc) is 2.84. The minimum atomic E-state index is 0.247. The minimum absolute atomic E-state index is 0.247. The molecule has 0 aliphatic heterocycles. The molecule has 96 valence electrons. The van der Waals surface area contributed by atoms with Crippen LogP contribution >= 0.6 is 11.6 Å². The van der Waals surface area contributed by atoms with E-state index in [2.05, 4.69) is 10.2 Å². The molecule has 1 aromatic heterocycles. The SMILES string of the molecule is NCCCc1nnc(COc2ccc(Cl)cc2)o1. The van der Waals surface area contributed by atoms with E-state index in [4.69, 9.17) is 26.5 Å². The lowest BCUT2D eigenvalue weighted by atomic mass is 10.3. The number of rotatable bonds is 6. The van der Waals surface area contributed by atoms with E-state index in [1.165, 1.54) is 0 Å². The van der Waals surface area contributed by atoms with Crippen molar-refractivity contribution >= 4 is 11.6 Å². The van der Waals surface area contributed by atoms with Gasteiger partial charge in [-0.05, 0) is 37.2 Å². The lowest BCUT2D eigenvalue weighted by molar-refractivity contribution is 0.258. The fourth-order valence-corrected chi connectivity index (χ4v) is 1.50. The molecule has 0 atom stereocenters. The zero-order chi connectivity index (χ0) is 12.8. The maximum atomic E-state index is 5.77. The summed E-state index contributed by atoms with van der Waals surface area (Å²) >= 11 is 5.77. The summed E-state index contributed by atoms with van der Waals surface area (Å²) in [5.74, 6) is 1.76. The van der Waals surface area contributed by atoms with Crippen LogP contribution in [0, 0.1) is 0 Å². The molecule has 5 nitrogen and oxygen atoms in total. The van der Waals surface area contributed by atoms with Crippen LogP contribution in [0.15, 0.2) is 28.7 Å². The molecule has 2 aromatic rings. The van der Waals surface area contributed by atoms with E-state index >= 15 is 0 Å². The molecule has 0 aliphatic carbocycles. The molecule has 0 radical (unpaired) electrons. The van der Waals surface area contributed by atoms with Gasteiger partial charge in [0.1, 0.15) is 5.75 Å². The van der Waals surface area contributed by atoms with Gasteiger partial charge in [0.05, 0.1) is 0 Å². The van der Waals surface area contributed by atoms with Crippen molar-refractivity contribution in [3.8, 4) is 5.75 Å². The van der Waals surface area contributed by atoms with E-state index in [-0.39, 0.29) is 6.61 Å². The van der Waals surface area contributed by atoms with Crippen molar-refractivity contribution in [2.75, 3.05) is 6.54 Å². The Hall–Kier alpha value is -1.59. The number of benzene rings is 1. The van der Waals surface area contributed by atoms with Gasteiger partial charge < -0.3 is 14.9 Å². The van der Waals surface area contributed by atoms with Gasteiger partial charge in [0.15, 0.2) is 6.61 Å². The number of halogens is 1. The second-order valence-corrected chi connectivity index (χ2v) is 4.16. The Morgan fingerprint density at radius 1 is 1.17 bits per heavy atom. The second kappa shape index (κ2) is 6.37. The van der Waals surface area contributed by atoms with Crippen molar-refractivity contribution < 1.29 is 9.15 Å². The van der Waals surface area contributed by atoms with Gasteiger partial charge in [0.2, 0.25) is 5.89 Å². The molecular formula is C12H14ClN3O2. The predicted molar refractivity (Wildman–Crippen MR) is 67.5 cm³/mol. The summed E-state index contributed by atoms with van der Waals surface area (Å²) in [5.41, 5.74) is 5.40. The number of hydrogen-bond donors (Lipinski definition) is 1. The Morgan fingerprint density at radius 2 is 1.89 bits per heavy atom. The van der Waals surface area contributed by atoms with E-state index in [0.29, 0.717) is 35.5 Å². The van der Waals surface area contributed by atoms with Gasteiger partial charge in [-0.15, -0.1) is 10.2 Å². The Morgan fingerprint density at radius 3 is 2.61 bits per heavy atom. The molecule has 0 aliphatic rings. The van der Waals surface area contributed by atoms with Crippen LogP contribution in [0.25, 0.3) is 0 Å². The zero-order valence-electron chi connectivity index (χ0n) is 9.80. The maximum Gasteiger partial charge on any atom is 0.253 e. The Kier molecular flexibility index (Phi) is 4.55. The van der Waals surface area contributed by atoms with Crippen LogP contribution in [0.1, 0.15) is 18.2 Å². The van der Waals surface area contributed by atoms with E-state index < -0.39 is 0 Å². The first-order valence-electron chi connectivity index (χ1n) is 5.67. The lowest BCUT2D eigenvalue weighted by Crippen LogP contribution is -2.00. The largest absolute Gasteiger partial charge is 0.484 e. The first-order chi connectivity index (χ1) is 8.78. The van der Waals surface area contributed by atoms with Crippen LogP contribution in [0.5, 0.6) is 5.75 Å². The normalized spacial score (nSPS) is 10.6. The summed E-state index contributed by atoms with van der Waals surface area (Å²) in [5, 5.41) is 8.47. The molecular weight excluding hydrogens is 254 g/mol. The molecule has 0 amide bonds. The smallest absolute Gasteiger partial charge is 0.253 e. The molecule has 2 N–H and O–H groups in total. The monoisotopic (exact) mass is 267 g/mol. The molecule has 0 bridgehead atoms. The third kappa shape index (κ3) is 3.72. The maximum absolute atomic E-state index is 5.77. The van der Waals surface area contributed by atoms with Crippen molar-refractivity contribution in [2.24, 2.45) is 5.73 Å². The van der Waals surface area contributed by atoms with Crippen LogP contribution in [0.3, 0.4) is 0 Å². The van der Waals surface area contributed by atoms with Crippen LogP contribution < -0.4 is 10.5 Å².